The fourth-order valence-corrected chi connectivity index (χ4v) is 12.7. The lowest BCUT2D eigenvalue weighted by Crippen LogP contribution is -2.30. The van der Waals surface area contributed by atoms with E-state index < -0.39 is 0 Å². The lowest BCUT2D eigenvalue weighted by molar-refractivity contribution is 0.272. The molecular formula is C60H48N2. The highest BCUT2D eigenvalue weighted by Gasteiger charge is 2.50. The highest BCUT2D eigenvalue weighted by atomic mass is 15.1. The molecule has 1 fully saturated rings. The van der Waals surface area contributed by atoms with Gasteiger partial charge in [-0.05, 0) is 153 Å². The first-order valence-electron chi connectivity index (χ1n) is 22.7. The van der Waals surface area contributed by atoms with Crippen LogP contribution < -0.4 is 4.90 Å². The van der Waals surface area contributed by atoms with Gasteiger partial charge in [0.15, 0.2) is 0 Å². The Morgan fingerprint density at radius 3 is 1.79 bits per heavy atom. The van der Waals surface area contributed by atoms with Gasteiger partial charge in [-0.15, -0.1) is 0 Å². The largest absolute Gasteiger partial charge is 0.310 e. The summed E-state index contributed by atoms with van der Waals surface area (Å²) in [7, 11) is 0. The first-order chi connectivity index (χ1) is 30.6. The second-order valence-corrected chi connectivity index (χ2v) is 18.7. The third kappa shape index (κ3) is 5.42. The molecule has 298 valence electrons. The summed E-state index contributed by atoms with van der Waals surface area (Å²) in [6, 6.07) is 70.5. The highest BCUT2D eigenvalue weighted by molar-refractivity contribution is 6.25. The lowest BCUT2D eigenvalue weighted by atomic mass is 9.68. The Balaban J connectivity index is 0.985. The highest BCUT2D eigenvalue weighted by Crippen LogP contribution is 2.61. The molecule has 1 heterocycles. The molecule has 1 saturated carbocycles. The summed E-state index contributed by atoms with van der Waals surface area (Å²) >= 11 is 0. The normalized spacial score (nSPS) is 20.7. The summed E-state index contributed by atoms with van der Waals surface area (Å²) in [5.41, 5.74) is 13.0. The summed E-state index contributed by atoms with van der Waals surface area (Å²) in [4.78, 5) is 2.58. The smallest absolute Gasteiger partial charge is 0.0541 e. The molecule has 0 radical (unpaired) electrons. The predicted octanol–water partition coefficient (Wildman–Crippen LogP) is 16.4. The molecule has 10 aromatic rings. The number of aromatic nitrogens is 1. The van der Waals surface area contributed by atoms with E-state index in [1.54, 1.807) is 5.57 Å². The molecule has 9 aromatic carbocycles. The average molecular weight is 797 g/mol. The summed E-state index contributed by atoms with van der Waals surface area (Å²) in [5.74, 6) is 2.22. The van der Waals surface area contributed by atoms with E-state index in [0.29, 0.717) is 11.8 Å². The monoisotopic (exact) mass is 796 g/mol. The van der Waals surface area contributed by atoms with Crippen LogP contribution in [0.1, 0.15) is 44.6 Å². The summed E-state index contributed by atoms with van der Waals surface area (Å²) in [5, 5.41) is 10.4. The Morgan fingerprint density at radius 1 is 0.484 bits per heavy atom. The van der Waals surface area contributed by atoms with Gasteiger partial charge in [0.05, 0.1) is 16.7 Å². The van der Waals surface area contributed by atoms with Crippen molar-refractivity contribution in [2.75, 3.05) is 4.90 Å². The first kappa shape index (κ1) is 35.8. The Kier molecular flexibility index (Phi) is 7.98. The minimum absolute atomic E-state index is 0.0666. The topological polar surface area (TPSA) is 8.17 Å². The van der Waals surface area contributed by atoms with Gasteiger partial charge in [-0.2, -0.15) is 0 Å². The molecule has 0 saturated heterocycles. The van der Waals surface area contributed by atoms with E-state index in [4.69, 9.17) is 0 Å². The van der Waals surface area contributed by atoms with E-state index in [1.807, 2.05) is 0 Å². The van der Waals surface area contributed by atoms with Gasteiger partial charge in [0, 0.05) is 33.2 Å². The molecule has 4 atom stereocenters. The molecule has 3 aliphatic carbocycles. The van der Waals surface area contributed by atoms with Crippen molar-refractivity contribution in [3.05, 3.63) is 205 Å². The van der Waals surface area contributed by atoms with E-state index in [1.165, 1.54) is 126 Å². The number of benzene rings is 9. The minimum Gasteiger partial charge on any atom is -0.310 e. The minimum atomic E-state index is 0.0666. The van der Waals surface area contributed by atoms with E-state index in [9.17, 15) is 0 Å². The van der Waals surface area contributed by atoms with Gasteiger partial charge in [0.25, 0.3) is 0 Å². The maximum atomic E-state index is 2.70. The molecule has 13 rings (SSSR count). The van der Waals surface area contributed by atoms with Crippen LogP contribution in [0.5, 0.6) is 0 Å². The van der Waals surface area contributed by atoms with Crippen LogP contribution in [0.2, 0.25) is 0 Å². The zero-order valence-corrected chi connectivity index (χ0v) is 35.1. The fraction of sp³-hybridized carbons (Fsp3) is 0.167. The van der Waals surface area contributed by atoms with E-state index in [-0.39, 0.29) is 5.41 Å². The Labute approximate surface area is 363 Å². The standard InChI is InChI=1S/C60H48N2/c1-39-31-40-32-41-34-44(33-40)60(37-39,38-41)56-21-8-11-24-59(56)61(47-29-30-52-50-17-3-2-15-48(50)49-16-4-5-18-51(49)55(52)36-47)45-27-25-42(26-28-45)43-13-12-14-46(35-43)62-57-22-9-6-19-53(57)54-20-7-10-23-58(54)62/h2-30,34-36,39-41H,31-33,37-38H2,1H3/t39-,40+,41+,60?/m0/s1. The molecule has 2 nitrogen and oxygen atoms in total. The molecule has 1 aromatic heterocycles. The molecule has 2 heteroatoms. The van der Waals surface area contributed by atoms with Crippen LogP contribution in [0, 0.1) is 17.8 Å². The molecule has 1 unspecified atom stereocenters. The number of nitrogens with zero attached hydrogens (tertiary/aromatic N) is 2. The van der Waals surface area contributed by atoms with E-state index in [0.717, 1.165) is 5.92 Å². The van der Waals surface area contributed by atoms with E-state index in [2.05, 4.69) is 211 Å². The average Bonchev–Trinajstić information content (AvgIpc) is 3.76. The summed E-state index contributed by atoms with van der Waals surface area (Å²) in [6.45, 7) is 2.52. The number of hydrogen-bond acceptors (Lipinski definition) is 1. The van der Waals surface area contributed by atoms with Gasteiger partial charge >= 0.3 is 0 Å². The molecule has 0 amide bonds. The molecule has 0 spiro atoms. The van der Waals surface area contributed by atoms with Gasteiger partial charge in [-0.3, -0.25) is 0 Å². The van der Waals surface area contributed by atoms with Crippen molar-refractivity contribution >= 4 is 71.2 Å². The van der Waals surface area contributed by atoms with Crippen LogP contribution in [0.3, 0.4) is 0 Å². The number of fused-ring (bicyclic) bond motifs is 11. The summed E-state index contributed by atoms with van der Waals surface area (Å²) in [6.07, 6.45) is 9.13. The van der Waals surface area contributed by atoms with Crippen molar-refractivity contribution in [3.63, 3.8) is 0 Å². The number of allylic oxidation sites excluding steroid dienone is 2. The second-order valence-electron chi connectivity index (χ2n) is 18.7. The maximum Gasteiger partial charge on any atom is 0.0541 e. The molecule has 3 bridgehead atoms. The molecule has 62 heavy (non-hydrogen) atoms. The molecule has 0 N–H and O–H groups in total. The zero-order valence-electron chi connectivity index (χ0n) is 35.1. The van der Waals surface area contributed by atoms with Crippen molar-refractivity contribution in [1.82, 2.24) is 4.57 Å². The SMILES string of the molecule is C[C@H]1C[C@H]2CC3=C[C@@H](C2)CC3(c2ccccc2N(c2ccc(-c3cccc(-n4c5ccccc5c5ccccc54)c3)cc2)c2ccc3c4ccccc4c4ccccc4c3c2)C1. The Hall–Kier alpha value is -6.90. The zero-order chi connectivity index (χ0) is 40.9. The van der Waals surface area contributed by atoms with E-state index >= 15 is 0 Å². The van der Waals surface area contributed by atoms with Crippen LogP contribution in [0.4, 0.5) is 17.1 Å². The third-order valence-corrected chi connectivity index (χ3v) is 15.0. The van der Waals surface area contributed by atoms with Gasteiger partial charge in [-0.25, -0.2) is 0 Å². The maximum absolute atomic E-state index is 2.70. The van der Waals surface area contributed by atoms with Gasteiger partial charge < -0.3 is 9.47 Å². The van der Waals surface area contributed by atoms with Crippen molar-refractivity contribution in [3.8, 4) is 16.8 Å². The van der Waals surface area contributed by atoms with Crippen LogP contribution in [-0.2, 0) is 5.41 Å². The lowest BCUT2D eigenvalue weighted by Gasteiger charge is -2.39. The Morgan fingerprint density at radius 2 is 1.08 bits per heavy atom. The number of anilines is 3. The molecule has 0 aliphatic heterocycles. The molecular weight excluding hydrogens is 749 g/mol. The van der Waals surface area contributed by atoms with Gasteiger partial charge in [0.1, 0.15) is 0 Å². The summed E-state index contributed by atoms with van der Waals surface area (Å²) < 4.78 is 2.41. The number of rotatable bonds is 6. The number of hydrogen-bond donors (Lipinski definition) is 0. The van der Waals surface area contributed by atoms with Crippen LogP contribution >= 0.6 is 0 Å². The second kappa shape index (κ2) is 13.8. The fourth-order valence-electron chi connectivity index (χ4n) is 12.7. The number of para-hydroxylation sites is 3. The van der Waals surface area contributed by atoms with Crippen molar-refractivity contribution in [2.45, 2.75) is 44.4 Å². The van der Waals surface area contributed by atoms with Crippen molar-refractivity contribution in [2.24, 2.45) is 17.8 Å². The quantitative estimate of drug-likeness (QED) is 0.120. The third-order valence-electron chi connectivity index (χ3n) is 15.0. The van der Waals surface area contributed by atoms with Gasteiger partial charge in [0.2, 0.25) is 0 Å². The van der Waals surface area contributed by atoms with Crippen LogP contribution in [0.25, 0.3) is 70.9 Å². The predicted molar refractivity (Wildman–Crippen MR) is 262 cm³/mol. The Bertz CT molecular complexity index is 3350. The van der Waals surface area contributed by atoms with Crippen LogP contribution in [0.15, 0.2) is 200 Å². The first-order valence-corrected chi connectivity index (χ1v) is 22.7. The van der Waals surface area contributed by atoms with Crippen molar-refractivity contribution < 1.29 is 0 Å². The van der Waals surface area contributed by atoms with Gasteiger partial charge in [-0.1, -0.05) is 152 Å². The van der Waals surface area contributed by atoms with Crippen molar-refractivity contribution in [1.29, 1.82) is 0 Å². The van der Waals surface area contributed by atoms with Crippen LogP contribution in [-0.4, -0.2) is 4.57 Å². The molecule has 3 aliphatic rings.